The molecule has 25 heavy (non-hydrogen) atoms. The fourth-order valence-corrected chi connectivity index (χ4v) is 3.34. The number of oxazole rings is 1. The van der Waals surface area contributed by atoms with E-state index in [4.69, 9.17) is 16.0 Å². The zero-order valence-electron chi connectivity index (χ0n) is 14.4. The predicted molar refractivity (Wildman–Crippen MR) is 98.0 cm³/mol. The Balaban J connectivity index is 1.42. The van der Waals surface area contributed by atoms with E-state index in [1.807, 2.05) is 25.1 Å². The van der Waals surface area contributed by atoms with Gasteiger partial charge in [0.05, 0.1) is 6.54 Å². The highest BCUT2D eigenvalue weighted by Crippen LogP contribution is 2.22. The molecule has 7 heteroatoms. The van der Waals surface area contributed by atoms with Gasteiger partial charge in [-0.3, -0.25) is 4.90 Å². The van der Waals surface area contributed by atoms with Gasteiger partial charge in [0.1, 0.15) is 17.7 Å². The molecule has 1 aliphatic heterocycles. The van der Waals surface area contributed by atoms with Crippen molar-refractivity contribution in [2.45, 2.75) is 20.4 Å². The minimum Gasteiger partial charge on any atom is -0.439 e. The summed E-state index contributed by atoms with van der Waals surface area (Å²) in [4.78, 5) is 17.9. The molecule has 2 aromatic heterocycles. The van der Waals surface area contributed by atoms with Gasteiger partial charge in [-0.1, -0.05) is 11.6 Å². The van der Waals surface area contributed by atoms with Gasteiger partial charge in [-0.2, -0.15) is 0 Å². The first-order chi connectivity index (χ1) is 12.1. The van der Waals surface area contributed by atoms with Crippen molar-refractivity contribution in [1.29, 1.82) is 0 Å². The molecule has 0 saturated carbocycles. The lowest BCUT2D eigenvalue weighted by atomic mass is 10.2. The van der Waals surface area contributed by atoms with Crippen molar-refractivity contribution in [1.82, 2.24) is 19.9 Å². The molecular weight excluding hydrogens is 338 g/mol. The van der Waals surface area contributed by atoms with Crippen LogP contribution in [0.25, 0.3) is 11.1 Å². The molecule has 0 aliphatic carbocycles. The van der Waals surface area contributed by atoms with Crippen LogP contribution >= 0.6 is 11.6 Å². The van der Waals surface area contributed by atoms with Gasteiger partial charge in [0.2, 0.25) is 5.89 Å². The Morgan fingerprint density at radius 1 is 1.12 bits per heavy atom. The van der Waals surface area contributed by atoms with E-state index in [2.05, 4.69) is 31.7 Å². The van der Waals surface area contributed by atoms with E-state index in [0.717, 1.165) is 60.2 Å². The molecular formula is C18H20ClN5O. The lowest BCUT2D eigenvalue weighted by Gasteiger charge is -2.35. The lowest BCUT2D eigenvalue weighted by Crippen LogP contribution is -2.46. The number of aryl methyl sites for hydroxylation is 1. The SMILES string of the molecule is Cc1ncnc(N2CCN(Cc3nc4cc(Cl)ccc4o3)CC2)c1C. The minimum absolute atomic E-state index is 0.677. The van der Waals surface area contributed by atoms with Crippen molar-refractivity contribution < 1.29 is 4.42 Å². The molecule has 1 aromatic carbocycles. The Morgan fingerprint density at radius 3 is 2.72 bits per heavy atom. The molecule has 4 rings (SSSR count). The van der Waals surface area contributed by atoms with E-state index in [1.54, 1.807) is 6.33 Å². The molecule has 0 N–H and O–H groups in total. The number of piperazine rings is 1. The van der Waals surface area contributed by atoms with Crippen molar-refractivity contribution in [3.05, 3.63) is 46.7 Å². The van der Waals surface area contributed by atoms with Gasteiger partial charge in [0, 0.05) is 42.5 Å². The second-order valence-corrected chi connectivity index (χ2v) is 6.83. The molecule has 0 bridgehead atoms. The molecule has 130 valence electrons. The van der Waals surface area contributed by atoms with Crippen LogP contribution in [0.4, 0.5) is 5.82 Å². The zero-order chi connectivity index (χ0) is 17.4. The van der Waals surface area contributed by atoms with Crippen LogP contribution in [0, 0.1) is 13.8 Å². The second kappa shape index (κ2) is 6.61. The summed E-state index contributed by atoms with van der Waals surface area (Å²) in [6.45, 7) is 8.58. The summed E-state index contributed by atoms with van der Waals surface area (Å²) < 4.78 is 5.83. The number of benzene rings is 1. The zero-order valence-corrected chi connectivity index (χ0v) is 15.1. The topological polar surface area (TPSA) is 58.3 Å². The van der Waals surface area contributed by atoms with Gasteiger partial charge in [0.15, 0.2) is 5.58 Å². The van der Waals surface area contributed by atoms with E-state index in [0.29, 0.717) is 11.6 Å². The first-order valence-corrected chi connectivity index (χ1v) is 8.78. The highest BCUT2D eigenvalue weighted by Gasteiger charge is 2.21. The second-order valence-electron chi connectivity index (χ2n) is 6.39. The van der Waals surface area contributed by atoms with Crippen LogP contribution in [0.2, 0.25) is 5.02 Å². The normalized spacial score (nSPS) is 15.9. The molecule has 1 fully saturated rings. The number of fused-ring (bicyclic) bond motifs is 1. The summed E-state index contributed by atoms with van der Waals surface area (Å²) in [5.74, 6) is 1.78. The van der Waals surface area contributed by atoms with Gasteiger partial charge in [0.25, 0.3) is 0 Å². The highest BCUT2D eigenvalue weighted by molar-refractivity contribution is 6.31. The van der Waals surface area contributed by atoms with Gasteiger partial charge in [-0.25, -0.2) is 15.0 Å². The third-order valence-corrected chi connectivity index (χ3v) is 4.97. The quantitative estimate of drug-likeness (QED) is 0.717. The van der Waals surface area contributed by atoms with Crippen LogP contribution in [-0.2, 0) is 6.54 Å². The molecule has 6 nitrogen and oxygen atoms in total. The number of hydrogen-bond acceptors (Lipinski definition) is 6. The number of anilines is 1. The maximum atomic E-state index is 6.01. The Hall–Kier alpha value is -2.18. The number of halogens is 1. The fourth-order valence-electron chi connectivity index (χ4n) is 3.17. The smallest absolute Gasteiger partial charge is 0.209 e. The van der Waals surface area contributed by atoms with Crippen molar-refractivity contribution in [3.63, 3.8) is 0 Å². The van der Waals surface area contributed by atoms with E-state index in [1.165, 1.54) is 0 Å². The Kier molecular flexibility index (Phi) is 4.31. The van der Waals surface area contributed by atoms with Crippen LogP contribution in [0.5, 0.6) is 0 Å². The van der Waals surface area contributed by atoms with Crippen molar-refractivity contribution >= 4 is 28.5 Å². The minimum atomic E-state index is 0.677. The van der Waals surface area contributed by atoms with Crippen LogP contribution in [0.15, 0.2) is 28.9 Å². The highest BCUT2D eigenvalue weighted by atomic mass is 35.5. The van der Waals surface area contributed by atoms with E-state index >= 15 is 0 Å². The summed E-state index contributed by atoms with van der Waals surface area (Å²) in [5, 5.41) is 0.677. The maximum Gasteiger partial charge on any atom is 0.209 e. The number of hydrogen-bond donors (Lipinski definition) is 0. The van der Waals surface area contributed by atoms with E-state index in [9.17, 15) is 0 Å². The predicted octanol–water partition coefficient (Wildman–Crippen LogP) is 3.21. The third kappa shape index (κ3) is 3.32. The molecule has 3 heterocycles. The molecule has 1 aliphatic rings. The third-order valence-electron chi connectivity index (χ3n) is 4.73. The maximum absolute atomic E-state index is 6.01. The first-order valence-electron chi connectivity index (χ1n) is 8.40. The Labute approximate surface area is 151 Å². The molecule has 3 aromatic rings. The van der Waals surface area contributed by atoms with Crippen LogP contribution in [0.1, 0.15) is 17.1 Å². The largest absolute Gasteiger partial charge is 0.439 e. The van der Waals surface area contributed by atoms with Crippen molar-refractivity contribution in [2.24, 2.45) is 0 Å². The van der Waals surface area contributed by atoms with Crippen LogP contribution < -0.4 is 4.90 Å². The van der Waals surface area contributed by atoms with Gasteiger partial charge in [-0.15, -0.1) is 0 Å². The van der Waals surface area contributed by atoms with Crippen molar-refractivity contribution in [3.8, 4) is 0 Å². The molecule has 1 saturated heterocycles. The van der Waals surface area contributed by atoms with Gasteiger partial charge in [-0.05, 0) is 32.0 Å². The van der Waals surface area contributed by atoms with Crippen LogP contribution in [0.3, 0.4) is 0 Å². The summed E-state index contributed by atoms with van der Waals surface area (Å²) in [6.07, 6.45) is 1.65. The Bertz CT molecular complexity index is 902. The summed E-state index contributed by atoms with van der Waals surface area (Å²) in [5.41, 5.74) is 3.79. The fraction of sp³-hybridized carbons (Fsp3) is 0.389. The number of aromatic nitrogens is 3. The number of rotatable bonds is 3. The summed E-state index contributed by atoms with van der Waals surface area (Å²) >= 11 is 6.01. The average Bonchev–Trinajstić information content (AvgIpc) is 2.99. The number of nitrogens with zero attached hydrogens (tertiary/aromatic N) is 5. The standard InChI is InChI=1S/C18H20ClN5O/c1-12-13(2)20-11-21-18(12)24-7-5-23(6-8-24)10-17-22-15-9-14(19)3-4-16(15)25-17/h3-4,9,11H,5-8,10H2,1-2H3. The molecule has 0 unspecified atom stereocenters. The Morgan fingerprint density at radius 2 is 1.92 bits per heavy atom. The van der Waals surface area contributed by atoms with E-state index in [-0.39, 0.29) is 0 Å². The summed E-state index contributed by atoms with van der Waals surface area (Å²) in [7, 11) is 0. The van der Waals surface area contributed by atoms with Gasteiger partial charge < -0.3 is 9.32 Å². The van der Waals surface area contributed by atoms with Crippen molar-refractivity contribution in [2.75, 3.05) is 31.1 Å². The molecule has 0 radical (unpaired) electrons. The summed E-state index contributed by atoms with van der Waals surface area (Å²) in [6, 6.07) is 5.53. The van der Waals surface area contributed by atoms with Crippen LogP contribution in [-0.4, -0.2) is 46.0 Å². The lowest BCUT2D eigenvalue weighted by molar-refractivity contribution is 0.228. The average molecular weight is 358 g/mol. The monoisotopic (exact) mass is 357 g/mol. The molecule has 0 amide bonds. The van der Waals surface area contributed by atoms with Gasteiger partial charge >= 0.3 is 0 Å². The first kappa shape index (κ1) is 16.3. The molecule has 0 spiro atoms. The molecule has 0 atom stereocenters. The van der Waals surface area contributed by atoms with E-state index < -0.39 is 0 Å².